The van der Waals surface area contributed by atoms with Gasteiger partial charge in [0.15, 0.2) is 0 Å². The minimum atomic E-state index is 0.926. The van der Waals surface area contributed by atoms with E-state index in [1.807, 2.05) is 6.07 Å². The lowest BCUT2D eigenvalue weighted by molar-refractivity contribution is 0.672. The highest BCUT2D eigenvalue weighted by molar-refractivity contribution is 6.16. The molecule has 2 heteroatoms. The maximum Gasteiger partial charge on any atom is 0.145 e. The largest absolute Gasteiger partial charge is 0.455 e. The van der Waals surface area contributed by atoms with E-state index in [-0.39, 0.29) is 0 Å². The lowest BCUT2D eigenvalue weighted by atomic mass is 9.98. The maximum atomic E-state index is 6.50. The first-order chi connectivity index (χ1) is 19.2. The zero-order chi connectivity index (χ0) is 26.3. The van der Waals surface area contributed by atoms with Gasteiger partial charge in [-0.3, -0.25) is 0 Å². The predicted octanol–water partition coefficient (Wildman–Crippen LogP) is 10.6. The zero-order valence-corrected chi connectivity index (χ0v) is 22.2. The van der Waals surface area contributed by atoms with Crippen LogP contribution >= 0.6 is 0 Å². The Morgan fingerprint density at radius 1 is 0.667 bits per heavy atom. The molecule has 0 bridgehead atoms. The van der Waals surface area contributed by atoms with Crippen LogP contribution in [0.4, 0.5) is 0 Å². The third-order valence-electron chi connectivity index (χ3n) is 7.67. The summed E-state index contributed by atoms with van der Waals surface area (Å²) in [4.78, 5) is 0. The van der Waals surface area contributed by atoms with Crippen molar-refractivity contribution in [2.45, 2.75) is 20.3 Å². The molecule has 0 saturated heterocycles. The molecule has 0 aliphatic heterocycles. The number of fused-ring (bicyclic) bond motifs is 5. The summed E-state index contributed by atoms with van der Waals surface area (Å²) in [6, 6.07) is 41.0. The first-order valence-corrected chi connectivity index (χ1v) is 13.6. The van der Waals surface area contributed by atoms with E-state index in [0.717, 1.165) is 39.6 Å². The average molecular weight is 504 g/mol. The molecule has 0 spiro atoms. The fourth-order valence-electron chi connectivity index (χ4n) is 5.79. The fourth-order valence-corrected chi connectivity index (χ4v) is 5.79. The van der Waals surface area contributed by atoms with E-state index in [4.69, 9.17) is 4.42 Å². The van der Waals surface area contributed by atoms with Gasteiger partial charge in [-0.1, -0.05) is 91.9 Å². The van der Waals surface area contributed by atoms with Gasteiger partial charge in [0, 0.05) is 27.5 Å². The van der Waals surface area contributed by atoms with Gasteiger partial charge in [0.05, 0.1) is 5.52 Å². The lowest BCUT2D eigenvalue weighted by Crippen LogP contribution is -1.99. The summed E-state index contributed by atoms with van der Waals surface area (Å²) in [5.41, 5.74) is 11.4. The maximum absolute atomic E-state index is 6.50. The molecule has 5 aromatic carbocycles. The third kappa shape index (κ3) is 3.88. The normalized spacial score (nSPS) is 11.8. The van der Waals surface area contributed by atoms with E-state index in [2.05, 4.69) is 140 Å². The van der Waals surface area contributed by atoms with Crippen LogP contribution in [0.5, 0.6) is 0 Å². The van der Waals surface area contributed by atoms with Crippen molar-refractivity contribution in [1.82, 2.24) is 4.57 Å². The summed E-state index contributed by atoms with van der Waals surface area (Å²) in [5.74, 6) is 0. The van der Waals surface area contributed by atoms with E-state index in [1.54, 1.807) is 0 Å². The van der Waals surface area contributed by atoms with Crippen molar-refractivity contribution < 1.29 is 4.42 Å². The van der Waals surface area contributed by atoms with Gasteiger partial charge in [0.2, 0.25) is 0 Å². The fraction of sp³-hybridized carbons (Fsp3) is 0.0811. The van der Waals surface area contributed by atoms with Crippen molar-refractivity contribution >= 4 is 38.9 Å². The number of nitrogens with zero attached hydrogens (tertiary/aromatic N) is 1. The topological polar surface area (TPSA) is 18.1 Å². The van der Waals surface area contributed by atoms with Crippen LogP contribution < -0.4 is 0 Å². The van der Waals surface area contributed by atoms with Crippen molar-refractivity contribution in [3.8, 4) is 27.9 Å². The molecule has 2 nitrogen and oxygen atoms in total. The second-order valence-electron chi connectivity index (χ2n) is 10.1. The average Bonchev–Trinajstić information content (AvgIpc) is 3.51. The number of para-hydroxylation sites is 1. The Morgan fingerprint density at radius 2 is 1.31 bits per heavy atom. The van der Waals surface area contributed by atoms with Crippen LogP contribution in [0.15, 0.2) is 126 Å². The van der Waals surface area contributed by atoms with Gasteiger partial charge in [0.1, 0.15) is 11.2 Å². The number of hydrogen-bond acceptors (Lipinski definition) is 1. The zero-order valence-electron chi connectivity index (χ0n) is 22.2. The summed E-state index contributed by atoms with van der Waals surface area (Å²) in [6.07, 6.45) is 5.48. The quantitative estimate of drug-likeness (QED) is 0.228. The van der Waals surface area contributed by atoms with E-state index in [1.165, 1.54) is 38.9 Å². The molecule has 0 saturated carbocycles. The minimum absolute atomic E-state index is 0.926. The first-order valence-electron chi connectivity index (χ1n) is 13.6. The molecule has 7 aromatic rings. The van der Waals surface area contributed by atoms with E-state index >= 15 is 0 Å². The van der Waals surface area contributed by atoms with Crippen LogP contribution in [0.1, 0.15) is 24.6 Å². The highest BCUT2D eigenvalue weighted by Crippen LogP contribution is 2.40. The number of rotatable bonds is 5. The Labute approximate surface area is 228 Å². The van der Waals surface area contributed by atoms with Crippen LogP contribution in [0, 0.1) is 6.92 Å². The molecule has 0 aliphatic carbocycles. The SMILES string of the molecule is CC/C=C\c1c(C)c2c3oc4ccccc4c3ccc2n1-c1cc(-c2ccccc2)cc(-c2ccccc2)c1. The lowest BCUT2D eigenvalue weighted by Gasteiger charge is -2.15. The summed E-state index contributed by atoms with van der Waals surface area (Å²) < 4.78 is 8.91. The number of allylic oxidation sites excluding steroid dienone is 1. The van der Waals surface area contributed by atoms with E-state index in [9.17, 15) is 0 Å². The van der Waals surface area contributed by atoms with Crippen LogP contribution in [0.2, 0.25) is 0 Å². The van der Waals surface area contributed by atoms with Crippen LogP contribution in [-0.4, -0.2) is 4.57 Å². The molecular weight excluding hydrogens is 474 g/mol. The molecule has 0 N–H and O–H groups in total. The molecular formula is C37H29NO. The number of aromatic nitrogens is 1. The Bertz CT molecular complexity index is 1930. The molecule has 0 unspecified atom stereocenters. The molecule has 0 amide bonds. The van der Waals surface area contributed by atoms with Crippen molar-refractivity contribution in [1.29, 1.82) is 0 Å². The van der Waals surface area contributed by atoms with Gasteiger partial charge in [0.25, 0.3) is 0 Å². The Balaban J connectivity index is 1.57. The van der Waals surface area contributed by atoms with Crippen molar-refractivity contribution in [2.75, 3.05) is 0 Å². The smallest absolute Gasteiger partial charge is 0.145 e. The highest BCUT2D eigenvalue weighted by atomic mass is 16.3. The molecule has 39 heavy (non-hydrogen) atoms. The molecule has 0 atom stereocenters. The third-order valence-corrected chi connectivity index (χ3v) is 7.67. The Morgan fingerprint density at radius 3 is 1.97 bits per heavy atom. The minimum Gasteiger partial charge on any atom is -0.455 e. The van der Waals surface area contributed by atoms with Gasteiger partial charge in [-0.15, -0.1) is 0 Å². The molecule has 0 radical (unpaired) electrons. The standard InChI is InChI=1S/C37H29NO/c1-3-4-18-33-25(2)36-34(21-20-32-31-17-11-12-19-35(31)39-37(32)36)38(33)30-23-28(26-13-7-5-8-14-26)22-29(24-30)27-15-9-6-10-16-27/h4-24H,3H2,1-2H3/b18-4-. The van der Waals surface area contributed by atoms with Crippen molar-refractivity contribution in [3.05, 3.63) is 133 Å². The highest BCUT2D eigenvalue weighted by Gasteiger charge is 2.20. The molecule has 2 heterocycles. The van der Waals surface area contributed by atoms with E-state index in [0.29, 0.717) is 0 Å². The number of furan rings is 1. The molecule has 0 fully saturated rings. The van der Waals surface area contributed by atoms with Crippen molar-refractivity contribution in [2.24, 2.45) is 0 Å². The van der Waals surface area contributed by atoms with E-state index < -0.39 is 0 Å². The molecule has 0 aliphatic rings. The molecule has 2 aromatic heterocycles. The predicted molar refractivity (Wildman–Crippen MR) is 165 cm³/mol. The summed E-state index contributed by atoms with van der Waals surface area (Å²) in [7, 11) is 0. The Hall–Kier alpha value is -4.82. The number of aryl methyl sites for hydroxylation is 1. The number of benzene rings is 5. The summed E-state index contributed by atoms with van der Waals surface area (Å²) in [6.45, 7) is 4.40. The van der Waals surface area contributed by atoms with Gasteiger partial charge < -0.3 is 8.98 Å². The second-order valence-corrected chi connectivity index (χ2v) is 10.1. The monoisotopic (exact) mass is 503 g/mol. The van der Waals surface area contributed by atoms with Crippen LogP contribution in [0.25, 0.3) is 66.9 Å². The van der Waals surface area contributed by atoms with Gasteiger partial charge >= 0.3 is 0 Å². The van der Waals surface area contributed by atoms with Crippen LogP contribution in [-0.2, 0) is 0 Å². The van der Waals surface area contributed by atoms with Gasteiger partial charge in [-0.05, 0) is 83.6 Å². The summed E-state index contributed by atoms with van der Waals surface area (Å²) in [5, 5.41) is 3.49. The van der Waals surface area contributed by atoms with Gasteiger partial charge in [-0.2, -0.15) is 0 Å². The van der Waals surface area contributed by atoms with Gasteiger partial charge in [-0.25, -0.2) is 0 Å². The summed E-state index contributed by atoms with van der Waals surface area (Å²) >= 11 is 0. The molecule has 7 rings (SSSR count). The van der Waals surface area contributed by atoms with Crippen molar-refractivity contribution in [3.63, 3.8) is 0 Å². The number of hydrogen-bond donors (Lipinski definition) is 0. The van der Waals surface area contributed by atoms with Crippen LogP contribution in [0.3, 0.4) is 0 Å². The first kappa shape index (κ1) is 23.3. The Kier molecular flexibility index (Phi) is 5.67. The second kappa shape index (κ2) is 9.49. The molecule has 188 valence electrons.